The highest BCUT2D eigenvalue weighted by Crippen LogP contribution is 2.76. The molecule has 0 radical (unpaired) electrons. The van der Waals surface area contributed by atoms with Gasteiger partial charge in [-0.25, -0.2) is 0 Å². The lowest BCUT2D eigenvalue weighted by molar-refractivity contribution is -0.345. The Hall–Kier alpha value is -0.780. The first kappa shape index (κ1) is 42.8. The predicted octanol–water partition coefficient (Wildman–Crippen LogP) is 1.76. The summed E-state index contributed by atoms with van der Waals surface area (Å²) in [6.45, 7) is 14.7. The first-order valence-corrected chi connectivity index (χ1v) is 20.4. The van der Waals surface area contributed by atoms with E-state index in [2.05, 4.69) is 34.6 Å². The lowest BCUT2D eigenvalue weighted by atomic mass is 9.35. The van der Waals surface area contributed by atoms with Crippen LogP contribution in [0.15, 0.2) is 11.6 Å². The molecule has 19 atom stereocenters. The van der Waals surface area contributed by atoms with Crippen LogP contribution in [0.25, 0.3) is 0 Å². The Kier molecular flexibility index (Phi) is 12.2. The number of ether oxygens (including phenoxy) is 4. The normalized spacial score (nSPS) is 51.9. The molecule has 19 unspecified atom stereocenters. The minimum absolute atomic E-state index is 0.0279. The van der Waals surface area contributed by atoms with E-state index in [-0.39, 0.29) is 65.3 Å². The van der Waals surface area contributed by atoms with Crippen LogP contribution in [0.2, 0.25) is 0 Å². The number of hydrogen-bond donors (Lipinski definition) is 9. The zero-order valence-corrected chi connectivity index (χ0v) is 33.4. The van der Waals surface area contributed by atoms with Crippen molar-refractivity contribution in [2.75, 3.05) is 19.8 Å². The highest BCUT2D eigenvalue weighted by molar-refractivity contribution is 5.20. The molecule has 0 aromatic rings. The molecule has 54 heavy (non-hydrogen) atoms. The molecule has 2 heterocycles. The Balaban J connectivity index is 1.27. The summed E-state index contributed by atoms with van der Waals surface area (Å²) in [7, 11) is 0. The van der Waals surface area contributed by atoms with Crippen molar-refractivity contribution in [3.63, 3.8) is 0 Å². The summed E-state index contributed by atoms with van der Waals surface area (Å²) in [5.74, 6) is 0.307. The summed E-state index contributed by atoms with van der Waals surface area (Å²) in [5.41, 5.74) is -0.744. The van der Waals surface area contributed by atoms with Crippen LogP contribution in [0.4, 0.5) is 0 Å². The molecule has 6 aliphatic rings. The number of fused-ring (bicyclic) bond motifs is 5. The molecule has 0 aromatic heterocycles. The van der Waals surface area contributed by atoms with E-state index in [0.29, 0.717) is 25.2 Å². The van der Waals surface area contributed by atoms with Crippen molar-refractivity contribution in [2.45, 2.75) is 179 Å². The van der Waals surface area contributed by atoms with Crippen molar-refractivity contribution in [2.24, 2.45) is 45.3 Å². The Morgan fingerprint density at radius 2 is 1.44 bits per heavy atom. The summed E-state index contributed by atoms with van der Waals surface area (Å²) in [6, 6.07) is 0. The molecule has 2 saturated heterocycles. The van der Waals surface area contributed by atoms with Gasteiger partial charge in [-0.1, -0.05) is 46.3 Å². The van der Waals surface area contributed by atoms with Gasteiger partial charge in [0.1, 0.15) is 42.7 Å². The van der Waals surface area contributed by atoms with Gasteiger partial charge in [0.05, 0.1) is 37.6 Å². The van der Waals surface area contributed by atoms with E-state index < -0.39 is 67.0 Å². The van der Waals surface area contributed by atoms with E-state index in [4.69, 9.17) is 18.9 Å². The van der Waals surface area contributed by atoms with Gasteiger partial charge in [0.2, 0.25) is 0 Å². The number of hydrogen-bond acceptors (Lipinski definition) is 13. The number of allylic oxidation sites excluding steroid dienone is 1. The third-order valence-electron chi connectivity index (χ3n) is 16.5. The van der Waals surface area contributed by atoms with Crippen LogP contribution in [0.1, 0.15) is 106 Å². The average molecular weight is 771 g/mol. The predicted molar refractivity (Wildman–Crippen MR) is 196 cm³/mol. The zero-order valence-electron chi connectivity index (χ0n) is 33.4. The molecule has 2 aliphatic heterocycles. The lowest BCUT2D eigenvalue weighted by Crippen LogP contribution is -2.67. The van der Waals surface area contributed by atoms with Gasteiger partial charge in [-0.2, -0.15) is 0 Å². The molecular weight excluding hydrogens is 700 g/mol. The summed E-state index contributed by atoms with van der Waals surface area (Å²) >= 11 is 0. The van der Waals surface area contributed by atoms with Gasteiger partial charge >= 0.3 is 0 Å². The monoisotopic (exact) mass is 770 g/mol. The molecule has 6 rings (SSSR count). The van der Waals surface area contributed by atoms with Gasteiger partial charge in [0, 0.05) is 0 Å². The molecule has 312 valence electrons. The number of aliphatic hydroxyl groups excluding tert-OH is 9. The highest BCUT2D eigenvalue weighted by Gasteiger charge is 2.71. The van der Waals surface area contributed by atoms with Crippen molar-refractivity contribution in [3.05, 3.63) is 11.6 Å². The van der Waals surface area contributed by atoms with Gasteiger partial charge in [-0.05, 0) is 117 Å². The van der Waals surface area contributed by atoms with Crippen LogP contribution in [-0.2, 0) is 18.9 Å². The van der Waals surface area contributed by atoms with Crippen LogP contribution in [-0.4, -0.2) is 139 Å². The van der Waals surface area contributed by atoms with Gasteiger partial charge < -0.3 is 64.9 Å². The molecule has 13 heteroatoms. The molecule has 0 bridgehead atoms. The Morgan fingerprint density at radius 1 is 0.778 bits per heavy atom. The standard InChI is InChI=1S/C41H70O13/c1-21(18-42)9-8-13-41(7,54-36-34(50)32(48)31(47)25(53-36)20-52-35-33(49)30(46)24(44)19-51-35)22-10-15-40(6)29(22)23(43)17-27-38(4)14-12-28(45)37(2,3)26(38)11-16-39(27,40)5/h9,22-36,42-50H,8,10-20H2,1-7H3. The zero-order chi connectivity index (χ0) is 39.8. The molecule has 13 nitrogen and oxygen atoms in total. The van der Waals surface area contributed by atoms with Crippen molar-refractivity contribution in [1.29, 1.82) is 0 Å². The van der Waals surface area contributed by atoms with Crippen LogP contribution >= 0.6 is 0 Å². The maximum Gasteiger partial charge on any atom is 0.187 e. The molecule has 4 aliphatic carbocycles. The number of rotatable bonds is 10. The SMILES string of the molecule is CC(=CCCC(C)(OC1OC(COC2OCC(O)C(O)C2O)C(O)C(O)C1O)C1CCC2(C)C1C(O)CC1C3(C)CCC(O)C(C)(C)C3CCC12C)CO. The van der Waals surface area contributed by atoms with Crippen molar-refractivity contribution in [1.82, 2.24) is 0 Å². The number of aliphatic hydroxyl groups is 9. The van der Waals surface area contributed by atoms with Crippen LogP contribution in [0.5, 0.6) is 0 Å². The third-order valence-corrected chi connectivity index (χ3v) is 16.5. The Morgan fingerprint density at radius 3 is 2.13 bits per heavy atom. The lowest BCUT2D eigenvalue weighted by Gasteiger charge is -2.70. The largest absolute Gasteiger partial charge is 0.393 e. The second-order valence-corrected chi connectivity index (χ2v) is 19.6. The van der Waals surface area contributed by atoms with Gasteiger partial charge in [-0.15, -0.1) is 0 Å². The fraction of sp³-hybridized carbons (Fsp3) is 0.951. The fourth-order valence-electron chi connectivity index (χ4n) is 13.0. The Labute approximate surface area is 320 Å². The van der Waals surface area contributed by atoms with E-state index in [9.17, 15) is 46.0 Å². The molecular formula is C41H70O13. The van der Waals surface area contributed by atoms with Gasteiger partial charge in [0.15, 0.2) is 12.6 Å². The summed E-state index contributed by atoms with van der Waals surface area (Å²) in [6.07, 6.45) is -5.15. The fourth-order valence-corrected chi connectivity index (χ4v) is 13.0. The summed E-state index contributed by atoms with van der Waals surface area (Å²) in [5, 5.41) is 96.8. The topological polar surface area (TPSA) is 219 Å². The van der Waals surface area contributed by atoms with E-state index in [0.717, 1.165) is 44.1 Å². The second-order valence-electron chi connectivity index (χ2n) is 19.6. The molecule has 0 spiro atoms. The molecule has 0 aromatic carbocycles. The van der Waals surface area contributed by atoms with Crippen LogP contribution < -0.4 is 0 Å². The molecule has 4 saturated carbocycles. The second kappa shape index (κ2) is 15.4. The van der Waals surface area contributed by atoms with Gasteiger partial charge in [0.25, 0.3) is 0 Å². The highest BCUT2D eigenvalue weighted by atomic mass is 16.7. The smallest absolute Gasteiger partial charge is 0.187 e. The van der Waals surface area contributed by atoms with Crippen molar-refractivity contribution >= 4 is 0 Å². The van der Waals surface area contributed by atoms with E-state index >= 15 is 0 Å². The first-order chi connectivity index (χ1) is 25.2. The summed E-state index contributed by atoms with van der Waals surface area (Å²) in [4.78, 5) is 0. The first-order valence-electron chi connectivity index (χ1n) is 20.4. The minimum atomic E-state index is -1.66. The molecule has 9 N–H and O–H groups in total. The van der Waals surface area contributed by atoms with Crippen molar-refractivity contribution < 1.29 is 64.9 Å². The maximum absolute atomic E-state index is 12.4. The van der Waals surface area contributed by atoms with E-state index in [1.807, 2.05) is 19.9 Å². The van der Waals surface area contributed by atoms with E-state index in [1.54, 1.807) is 0 Å². The average Bonchev–Trinajstić information content (AvgIpc) is 3.51. The molecule has 0 amide bonds. The van der Waals surface area contributed by atoms with Gasteiger partial charge in [-0.3, -0.25) is 0 Å². The quantitative estimate of drug-likeness (QED) is 0.145. The summed E-state index contributed by atoms with van der Waals surface area (Å²) < 4.78 is 24.0. The maximum atomic E-state index is 12.4. The van der Waals surface area contributed by atoms with Crippen LogP contribution in [0, 0.1) is 45.3 Å². The van der Waals surface area contributed by atoms with Crippen LogP contribution in [0.3, 0.4) is 0 Å². The van der Waals surface area contributed by atoms with Crippen molar-refractivity contribution in [3.8, 4) is 0 Å². The molecule has 6 fully saturated rings. The van der Waals surface area contributed by atoms with E-state index in [1.165, 1.54) is 0 Å². The Bertz CT molecular complexity index is 1350. The minimum Gasteiger partial charge on any atom is -0.393 e. The third kappa shape index (κ3) is 6.96.